The van der Waals surface area contributed by atoms with E-state index in [2.05, 4.69) is 26.8 Å². The second kappa shape index (κ2) is 4.80. The van der Waals surface area contributed by atoms with E-state index >= 15 is 0 Å². The first-order valence-corrected chi connectivity index (χ1v) is 7.59. The second-order valence-corrected chi connectivity index (χ2v) is 6.94. The summed E-state index contributed by atoms with van der Waals surface area (Å²) in [6.45, 7) is 7.13. The van der Waals surface area contributed by atoms with Crippen molar-refractivity contribution < 1.29 is 19.3 Å². The zero-order valence-electron chi connectivity index (χ0n) is 12.9. The molecule has 4 nitrogen and oxygen atoms in total. The van der Waals surface area contributed by atoms with E-state index in [1.165, 1.54) is 5.57 Å². The van der Waals surface area contributed by atoms with Crippen LogP contribution in [-0.4, -0.2) is 48.3 Å². The van der Waals surface area contributed by atoms with E-state index in [0.717, 1.165) is 25.9 Å². The van der Waals surface area contributed by atoms with Crippen LogP contribution >= 0.6 is 0 Å². The molecule has 2 aliphatic heterocycles. The van der Waals surface area contributed by atoms with Crippen molar-refractivity contribution in [2.45, 2.75) is 69.5 Å². The third-order valence-electron chi connectivity index (χ3n) is 5.26. The molecule has 3 fully saturated rings. The Hall–Kier alpha value is -0.420. The number of hydrogen-bond acceptors (Lipinski definition) is 4. The Morgan fingerprint density at radius 3 is 2.70 bits per heavy atom. The molecule has 3 rings (SSSR count). The van der Waals surface area contributed by atoms with Gasteiger partial charge >= 0.3 is 0 Å². The van der Waals surface area contributed by atoms with Gasteiger partial charge in [0.2, 0.25) is 0 Å². The number of methoxy groups -OCH3 is 1. The van der Waals surface area contributed by atoms with Crippen molar-refractivity contribution in [1.29, 1.82) is 0 Å². The smallest absolute Gasteiger partial charge is 0.101 e. The summed E-state index contributed by atoms with van der Waals surface area (Å²) in [6.07, 6.45) is 4.43. The molecule has 1 aliphatic carbocycles. The minimum atomic E-state index is -0.412. The van der Waals surface area contributed by atoms with Crippen LogP contribution in [0.5, 0.6) is 0 Å². The Bertz CT molecular complexity index is 411. The van der Waals surface area contributed by atoms with E-state index in [1.54, 1.807) is 7.11 Å². The number of ether oxygens (including phenoxy) is 3. The lowest BCUT2D eigenvalue weighted by atomic mass is 9.68. The van der Waals surface area contributed by atoms with Crippen molar-refractivity contribution in [3.05, 3.63) is 11.6 Å². The third-order valence-corrected chi connectivity index (χ3v) is 5.26. The molecule has 2 heterocycles. The van der Waals surface area contributed by atoms with Gasteiger partial charge in [0.05, 0.1) is 36.4 Å². The molecular formula is C16H26O4. The molecule has 0 radical (unpaired) electrons. The maximum atomic E-state index is 10.2. The SMILES string of the molecule is COC1C(C2(C)OC2CC=C(C)C)[C@]2(CC[C@@H]1O)CO2. The van der Waals surface area contributed by atoms with Gasteiger partial charge in [0.1, 0.15) is 5.60 Å². The minimum absolute atomic E-state index is 0.117. The molecule has 1 saturated carbocycles. The summed E-state index contributed by atoms with van der Waals surface area (Å²) in [7, 11) is 1.68. The van der Waals surface area contributed by atoms with Gasteiger partial charge in [-0.2, -0.15) is 0 Å². The van der Waals surface area contributed by atoms with E-state index < -0.39 is 6.10 Å². The predicted molar refractivity (Wildman–Crippen MR) is 75.5 cm³/mol. The van der Waals surface area contributed by atoms with Crippen molar-refractivity contribution in [2.24, 2.45) is 5.92 Å². The van der Waals surface area contributed by atoms with Gasteiger partial charge in [0.25, 0.3) is 0 Å². The summed E-state index contributed by atoms with van der Waals surface area (Å²) in [5.41, 5.74) is 0.964. The molecule has 2 saturated heterocycles. The van der Waals surface area contributed by atoms with Gasteiger partial charge in [-0.15, -0.1) is 0 Å². The fraction of sp³-hybridized carbons (Fsp3) is 0.875. The molecule has 20 heavy (non-hydrogen) atoms. The Morgan fingerprint density at radius 2 is 2.15 bits per heavy atom. The highest BCUT2D eigenvalue weighted by Gasteiger charge is 2.71. The topological polar surface area (TPSA) is 54.5 Å². The lowest BCUT2D eigenvalue weighted by Crippen LogP contribution is -2.54. The molecule has 6 atom stereocenters. The first kappa shape index (κ1) is 14.5. The van der Waals surface area contributed by atoms with Crippen LogP contribution in [-0.2, 0) is 14.2 Å². The largest absolute Gasteiger partial charge is 0.390 e. The van der Waals surface area contributed by atoms with E-state index in [1.807, 2.05) is 0 Å². The maximum Gasteiger partial charge on any atom is 0.101 e. The molecule has 3 aliphatic rings. The van der Waals surface area contributed by atoms with Gasteiger partial charge in [-0.05, 0) is 40.0 Å². The van der Waals surface area contributed by atoms with Crippen molar-refractivity contribution in [1.82, 2.24) is 0 Å². The first-order valence-electron chi connectivity index (χ1n) is 7.59. The molecule has 0 aromatic rings. The zero-order valence-corrected chi connectivity index (χ0v) is 12.9. The number of allylic oxidation sites excluding steroid dienone is 1. The molecule has 1 spiro atoms. The fourth-order valence-electron chi connectivity index (χ4n) is 3.96. The van der Waals surface area contributed by atoms with Gasteiger partial charge in [-0.25, -0.2) is 0 Å². The Labute approximate surface area is 121 Å². The number of hydrogen-bond donors (Lipinski definition) is 1. The van der Waals surface area contributed by atoms with Crippen LogP contribution in [0.25, 0.3) is 0 Å². The van der Waals surface area contributed by atoms with Gasteiger partial charge in [0.15, 0.2) is 0 Å². The zero-order chi connectivity index (χ0) is 14.5. The van der Waals surface area contributed by atoms with Crippen LogP contribution in [0.2, 0.25) is 0 Å². The van der Waals surface area contributed by atoms with Crippen LogP contribution in [0.3, 0.4) is 0 Å². The molecule has 4 heteroatoms. The van der Waals surface area contributed by atoms with Crippen molar-refractivity contribution >= 4 is 0 Å². The predicted octanol–water partition coefficient (Wildman–Crippen LogP) is 2.06. The molecule has 0 aromatic heterocycles. The summed E-state index contributed by atoms with van der Waals surface area (Å²) in [5.74, 6) is 0.124. The van der Waals surface area contributed by atoms with Gasteiger partial charge in [-0.1, -0.05) is 11.6 Å². The lowest BCUT2D eigenvalue weighted by molar-refractivity contribution is -0.116. The third kappa shape index (κ3) is 2.23. The molecule has 0 bridgehead atoms. The Balaban J connectivity index is 1.78. The minimum Gasteiger partial charge on any atom is -0.390 e. The van der Waals surface area contributed by atoms with Crippen molar-refractivity contribution in [3.8, 4) is 0 Å². The highest BCUT2D eigenvalue weighted by Crippen LogP contribution is 2.59. The van der Waals surface area contributed by atoms with Crippen LogP contribution in [0.4, 0.5) is 0 Å². The number of rotatable bonds is 4. The van der Waals surface area contributed by atoms with Crippen LogP contribution in [0.1, 0.15) is 40.0 Å². The molecule has 0 aromatic carbocycles. The van der Waals surface area contributed by atoms with E-state index in [-0.39, 0.29) is 29.3 Å². The first-order chi connectivity index (χ1) is 9.43. The number of epoxide rings is 2. The van der Waals surface area contributed by atoms with Crippen molar-refractivity contribution in [2.75, 3.05) is 13.7 Å². The maximum absolute atomic E-state index is 10.2. The van der Waals surface area contributed by atoms with Gasteiger partial charge in [-0.3, -0.25) is 0 Å². The Morgan fingerprint density at radius 1 is 1.45 bits per heavy atom. The van der Waals surface area contributed by atoms with E-state index in [0.29, 0.717) is 0 Å². The number of aliphatic hydroxyl groups is 1. The quantitative estimate of drug-likeness (QED) is 0.633. The monoisotopic (exact) mass is 282 g/mol. The van der Waals surface area contributed by atoms with Crippen LogP contribution in [0, 0.1) is 5.92 Å². The standard InChI is InChI=1S/C16H26O4/c1-10(2)5-6-12-15(3,20-12)14-13(18-4)11(17)7-8-16(14)9-19-16/h5,11-14,17H,6-9H2,1-4H3/t11-,12?,13?,14?,15?,16-/m0/s1. The Kier molecular flexibility index (Phi) is 3.49. The fourth-order valence-corrected chi connectivity index (χ4v) is 3.96. The molecule has 114 valence electrons. The summed E-state index contributed by atoms with van der Waals surface area (Å²) in [6, 6.07) is 0. The average molecular weight is 282 g/mol. The summed E-state index contributed by atoms with van der Waals surface area (Å²) in [5, 5.41) is 10.2. The summed E-state index contributed by atoms with van der Waals surface area (Å²) >= 11 is 0. The normalized spacial score (nSPS) is 50.0. The van der Waals surface area contributed by atoms with E-state index in [9.17, 15) is 5.11 Å². The van der Waals surface area contributed by atoms with Crippen molar-refractivity contribution in [3.63, 3.8) is 0 Å². The summed E-state index contributed by atoms with van der Waals surface area (Å²) < 4.78 is 17.4. The second-order valence-electron chi connectivity index (χ2n) is 6.94. The summed E-state index contributed by atoms with van der Waals surface area (Å²) in [4.78, 5) is 0. The average Bonchev–Trinajstić information content (AvgIpc) is 3.29. The highest BCUT2D eigenvalue weighted by atomic mass is 16.6. The lowest BCUT2D eigenvalue weighted by Gasteiger charge is -2.41. The van der Waals surface area contributed by atoms with E-state index in [4.69, 9.17) is 14.2 Å². The van der Waals surface area contributed by atoms with Crippen LogP contribution < -0.4 is 0 Å². The van der Waals surface area contributed by atoms with Gasteiger partial charge < -0.3 is 19.3 Å². The van der Waals surface area contributed by atoms with Gasteiger partial charge in [0, 0.05) is 7.11 Å². The molecule has 1 N–H and O–H groups in total. The van der Waals surface area contributed by atoms with Crippen LogP contribution in [0.15, 0.2) is 11.6 Å². The molecule has 4 unspecified atom stereocenters. The highest BCUT2D eigenvalue weighted by molar-refractivity contribution is 5.20. The molecule has 0 amide bonds. The molecular weight excluding hydrogens is 256 g/mol. The number of aliphatic hydroxyl groups excluding tert-OH is 1.